The first-order valence-corrected chi connectivity index (χ1v) is 5.13. The predicted octanol–water partition coefficient (Wildman–Crippen LogP) is 1.45. The van der Waals surface area contributed by atoms with Gasteiger partial charge < -0.3 is 10.5 Å². The fourth-order valence-electron chi connectivity index (χ4n) is 1.48. The summed E-state index contributed by atoms with van der Waals surface area (Å²) in [5, 5.41) is 0. The molecule has 1 rings (SSSR count). The summed E-state index contributed by atoms with van der Waals surface area (Å²) in [6.45, 7) is 1.71. The number of ether oxygens (including phenoxy) is 1. The van der Waals surface area contributed by atoms with Gasteiger partial charge in [0, 0.05) is 6.42 Å². The maximum absolute atomic E-state index is 13.6. The van der Waals surface area contributed by atoms with Gasteiger partial charge in [-0.3, -0.25) is 4.79 Å². The Morgan fingerprint density at radius 3 is 2.53 bits per heavy atom. The van der Waals surface area contributed by atoms with E-state index in [1.54, 1.807) is 6.92 Å². The SMILES string of the molecule is COC(=O)c1cc(C(=O)CCN)c(F)cc1C. The smallest absolute Gasteiger partial charge is 0.338 e. The minimum Gasteiger partial charge on any atom is -0.465 e. The number of carbonyl (C=O) groups is 2. The van der Waals surface area contributed by atoms with Crippen LogP contribution in [0.4, 0.5) is 4.39 Å². The van der Waals surface area contributed by atoms with Gasteiger partial charge in [0.05, 0.1) is 18.2 Å². The van der Waals surface area contributed by atoms with Crippen LogP contribution < -0.4 is 5.73 Å². The van der Waals surface area contributed by atoms with Crippen molar-refractivity contribution in [2.75, 3.05) is 13.7 Å². The summed E-state index contributed by atoms with van der Waals surface area (Å²) in [4.78, 5) is 23.0. The molecular formula is C12H14FNO3. The van der Waals surface area contributed by atoms with E-state index in [9.17, 15) is 14.0 Å². The molecule has 4 nitrogen and oxygen atoms in total. The molecule has 0 aliphatic carbocycles. The molecule has 0 bridgehead atoms. The van der Waals surface area contributed by atoms with Gasteiger partial charge in [-0.05, 0) is 31.2 Å². The number of esters is 1. The van der Waals surface area contributed by atoms with Crippen molar-refractivity contribution in [3.8, 4) is 0 Å². The molecule has 0 unspecified atom stereocenters. The average molecular weight is 239 g/mol. The molecule has 0 aliphatic heterocycles. The normalized spacial score (nSPS) is 10.1. The summed E-state index contributed by atoms with van der Waals surface area (Å²) < 4.78 is 18.1. The third-order valence-electron chi connectivity index (χ3n) is 2.39. The highest BCUT2D eigenvalue weighted by atomic mass is 19.1. The first-order chi connectivity index (χ1) is 8.01. The summed E-state index contributed by atoms with van der Waals surface area (Å²) in [5.41, 5.74) is 5.73. The molecule has 0 radical (unpaired) electrons. The third kappa shape index (κ3) is 2.88. The van der Waals surface area contributed by atoms with Crippen LogP contribution >= 0.6 is 0 Å². The minimum absolute atomic E-state index is 0.0423. The Labute approximate surface area is 98.6 Å². The minimum atomic E-state index is -0.645. The number of rotatable bonds is 4. The zero-order valence-electron chi connectivity index (χ0n) is 9.75. The van der Waals surface area contributed by atoms with Crippen LogP contribution in [0, 0.1) is 12.7 Å². The number of carbonyl (C=O) groups excluding carboxylic acids is 2. The fourth-order valence-corrected chi connectivity index (χ4v) is 1.48. The zero-order chi connectivity index (χ0) is 13.0. The number of nitrogens with two attached hydrogens (primary N) is 1. The number of hydrogen-bond acceptors (Lipinski definition) is 4. The lowest BCUT2D eigenvalue weighted by molar-refractivity contribution is 0.0600. The molecule has 0 amide bonds. The van der Waals surface area contributed by atoms with Gasteiger partial charge in [0.1, 0.15) is 5.82 Å². The van der Waals surface area contributed by atoms with Crippen LogP contribution in [-0.4, -0.2) is 25.4 Å². The van der Waals surface area contributed by atoms with Gasteiger partial charge in [-0.2, -0.15) is 0 Å². The Morgan fingerprint density at radius 1 is 1.35 bits per heavy atom. The molecule has 5 heteroatoms. The van der Waals surface area contributed by atoms with Crippen molar-refractivity contribution >= 4 is 11.8 Å². The molecular weight excluding hydrogens is 225 g/mol. The number of benzene rings is 1. The Balaban J connectivity index is 3.23. The van der Waals surface area contributed by atoms with Gasteiger partial charge in [0.25, 0.3) is 0 Å². The number of ketones is 1. The van der Waals surface area contributed by atoms with Crippen molar-refractivity contribution in [2.45, 2.75) is 13.3 Å². The lowest BCUT2D eigenvalue weighted by Crippen LogP contribution is -2.12. The molecule has 1 aromatic carbocycles. The van der Waals surface area contributed by atoms with Crippen LogP contribution in [0.3, 0.4) is 0 Å². The van der Waals surface area contributed by atoms with E-state index in [0.717, 1.165) is 6.07 Å². The second-order valence-corrected chi connectivity index (χ2v) is 3.60. The van der Waals surface area contributed by atoms with Gasteiger partial charge in [-0.1, -0.05) is 0 Å². The predicted molar refractivity (Wildman–Crippen MR) is 60.5 cm³/mol. The molecule has 0 heterocycles. The molecule has 1 aromatic rings. The first kappa shape index (κ1) is 13.3. The van der Waals surface area contributed by atoms with Crippen LogP contribution in [0.2, 0.25) is 0 Å². The number of hydrogen-bond donors (Lipinski definition) is 1. The molecule has 0 aliphatic rings. The van der Waals surface area contributed by atoms with E-state index in [4.69, 9.17) is 5.73 Å². The maximum atomic E-state index is 13.6. The fraction of sp³-hybridized carbons (Fsp3) is 0.333. The molecule has 92 valence electrons. The van der Waals surface area contributed by atoms with Crippen LogP contribution in [0.1, 0.15) is 32.7 Å². The third-order valence-corrected chi connectivity index (χ3v) is 2.39. The second-order valence-electron chi connectivity index (χ2n) is 3.60. The monoisotopic (exact) mass is 239 g/mol. The van der Waals surface area contributed by atoms with Crippen LogP contribution in [0.15, 0.2) is 12.1 Å². The standard InChI is InChI=1S/C12H14FNO3/c1-7-5-10(13)9(11(15)3-4-14)6-8(7)12(16)17-2/h5-6H,3-4,14H2,1-2H3. The Bertz CT molecular complexity index is 457. The van der Waals surface area contributed by atoms with Gasteiger partial charge in [0.15, 0.2) is 5.78 Å². The second kappa shape index (κ2) is 5.54. The molecule has 0 saturated carbocycles. The molecule has 0 aromatic heterocycles. The number of halogens is 1. The van der Waals surface area contributed by atoms with Crippen LogP contribution in [-0.2, 0) is 4.74 Å². The molecule has 17 heavy (non-hydrogen) atoms. The summed E-state index contributed by atoms with van der Waals surface area (Å²) in [5.74, 6) is -1.66. The van der Waals surface area contributed by atoms with Gasteiger partial charge in [-0.15, -0.1) is 0 Å². The van der Waals surface area contributed by atoms with Crippen molar-refractivity contribution in [1.82, 2.24) is 0 Å². The first-order valence-electron chi connectivity index (χ1n) is 5.13. The van der Waals surface area contributed by atoms with Crippen molar-refractivity contribution < 1.29 is 18.7 Å². The van der Waals surface area contributed by atoms with Crippen molar-refractivity contribution in [2.24, 2.45) is 5.73 Å². The van der Waals surface area contributed by atoms with Crippen molar-refractivity contribution in [1.29, 1.82) is 0 Å². The molecule has 0 atom stereocenters. The highest BCUT2D eigenvalue weighted by molar-refractivity contribution is 6.00. The van der Waals surface area contributed by atoms with E-state index in [0.29, 0.717) is 5.56 Å². The quantitative estimate of drug-likeness (QED) is 0.637. The number of methoxy groups -OCH3 is 1. The van der Waals surface area contributed by atoms with Crippen molar-refractivity contribution in [3.05, 3.63) is 34.6 Å². The average Bonchev–Trinajstić information content (AvgIpc) is 2.28. The topological polar surface area (TPSA) is 69.4 Å². The molecule has 0 spiro atoms. The maximum Gasteiger partial charge on any atom is 0.338 e. The van der Waals surface area contributed by atoms with E-state index < -0.39 is 17.6 Å². The lowest BCUT2D eigenvalue weighted by atomic mass is 10.0. The lowest BCUT2D eigenvalue weighted by Gasteiger charge is -2.07. The Morgan fingerprint density at radius 2 is 2.00 bits per heavy atom. The van der Waals surface area contributed by atoms with E-state index >= 15 is 0 Å². The Hall–Kier alpha value is -1.75. The Kier molecular flexibility index (Phi) is 4.34. The number of Topliss-reactive ketones (excluding diaryl/α,β-unsaturated/α-hetero) is 1. The van der Waals surface area contributed by atoms with E-state index in [1.165, 1.54) is 13.2 Å². The summed E-state index contributed by atoms with van der Waals surface area (Å²) in [7, 11) is 1.23. The molecule has 0 saturated heterocycles. The van der Waals surface area contributed by atoms with Crippen LogP contribution in [0.5, 0.6) is 0 Å². The van der Waals surface area contributed by atoms with Crippen LogP contribution in [0.25, 0.3) is 0 Å². The highest BCUT2D eigenvalue weighted by Crippen LogP contribution is 2.17. The summed E-state index contributed by atoms with van der Waals surface area (Å²) in [6, 6.07) is 2.37. The largest absolute Gasteiger partial charge is 0.465 e. The van der Waals surface area contributed by atoms with E-state index in [-0.39, 0.29) is 24.1 Å². The van der Waals surface area contributed by atoms with E-state index in [2.05, 4.69) is 4.74 Å². The van der Waals surface area contributed by atoms with Gasteiger partial charge >= 0.3 is 5.97 Å². The summed E-state index contributed by atoms with van der Waals surface area (Å²) >= 11 is 0. The summed E-state index contributed by atoms with van der Waals surface area (Å²) in [6.07, 6.45) is 0.0423. The molecule has 0 fully saturated rings. The van der Waals surface area contributed by atoms with Crippen molar-refractivity contribution in [3.63, 3.8) is 0 Å². The highest BCUT2D eigenvalue weighted by Gasteiger charge is 2.17. The molecule has 2 N–H and O–H groups in total. The van der Waals surface area contributed by atoms with Gasteiger partial charge in [0.2, 0.25) is 0 Å². The zero-order valence-corrected chi connectivity index (χ0v) is 9.75. The van der Waals surface area contributed by atoms with Gasteiger partial charge in [-0.25, -0.2) is 9.18 Å². The van der Waals surface area contributed by atoms with E-state index in [1.807, 2.05) is 0 Å². The number of aryl methyl sites for hydroxylation is 1.